The van der Waals surface area contributed by atoms with Crippen molar-refractivity contribution in [3.05, 3.63) is 59.4 Å². The van der Waals surface area contributed by atoms with Crippen molar-refractivity contribution in [1.29, 1.82) is 0 Å². The number of ether oxygens (including phenoxy) is 1. The molecule has 114 valence electrons. The predicted molar refractivity (Wildman–Crippen MR) is 80.7 cm³/mol. The van der Waals surface area contributed by atoms with Crippen molar-refractivity contribution in [2.75, 3.05) is 6.61 Å². The quantitative estimate of drug-likeness (QED) is 0.659. The molecule has 0 saturated heterocycles. The number of hydrazone groups is 1. The van der Waals surface area contributed by atoms with Crippen molar-refractivity contribution in [3.8, 4) is 11.5 Å². The van der Waals surface area contributed by atoms with Gasteiger partial charge in [-0.15, -0.1) is 0 Å². The van der Waals surface area contributed by atoms with Crippen LogP contribution in [0.15, 0.2) is 47.6 Å². The van der Waals surface area contributed by atoms with E-state index in [9.17, 15) is 14.3 Å². The molecule has 2 aromatic carbocycles. The van der Waals surface area contributed by atoms with Gasteiger partial charge < -0.3 is 9.84 Å². The van der Waals surface area contributed by atoms with Gasteiger partial charge in [-0.25, -0.2) is 9.82 Å². The van der Waals surface area contributed by atoms with Crippen LogP contribution in [-0.2, 0) is 0 Å². The number of benzene rings is 2. The average Bonchev–Trinajstić information content (AvgIpc) is 2.50. The standard InChI is InChI=1S/C16H15FN2O3/c1-2-22-12-8-7-11(15(20)9-12)10-18-19-16(21)13-5-3-4-6-14(13)17/h3-10,20H,2H2,1H3,(H,19,21). The SMILES string of the molecule is CCOc1ccc(C=NNC(=O)c2ccccc2F)c(O)c1. The number of hydrogen-bond acceptors (Lipinski definition) is 4. The van der Waals surface area contributed by atoms with Gasteiger partial charge in [0.05, 0.1) is 18.4 Å². The highest BCUT2D eigenvalue weighted by Gasteiger charge is 2.09. The fraction of sp³-hybridized carbons (Fsp3) is 0.125. The lowest BCUT2D eigenvalue weighted by Gasteiger charge is -2.05. The summed E-state index contributed by atoms with van der Waals surface area (Å²) in [6.45, 7) is 2.33. The van der Waals surface area contributed by atoms with Gasteiger partial charge in [-0.1, -0.05) is 12.1 Å². The molecule has 0 aromatic heterocycles. The number of nitrogens with one attached hydrogen (secondary N) is 1. The van der Waals surface area contributed by atoms with Crippen LogP contribution in [0.4, 0.5) is 4.39 Å². The number of hydrogen-bond donors (Lipinski definition) is 2. The molecule has 6 heteroatoms. The summed E-state index contributed by atoms with van der Waals surface area (Å²) in [6, 6.07) is 10.3. The molecule has 0 radical (unpaired) electrons. The molecule has 0 fully saturated rings. The minimum absolute atomic E-state index is 0.0326. The first-order chi connectivity index (χ1) is 10.6. The summed E-state index contributed by atoms with van der Waals surface area (Å²) < 4.78 is 18.6. The Kier molecular flexibility index (Phi) is 5.08. The number of rotatable bonds is 5. The van der Waals surface area contributed by atoms with E-state index in [1.54, 1.807) is 18.2 Å². The molecule has 2 rings (SSSR count). The maximum Gasteiger partial charge on any atom is 0.274 e. The van der Waals surface area contributed by atoms with Gasteiger partial charge in [-0.3, -0.25) is 4.79 Å². The molecule has 2 N–H and O–H groups in total. The molecule has 0 aliphatic carbocycles. The molecule has 5 nitrogen and oxygen atoms in total. The molecule has 0 bridgehead atoms. The van der Waals surface area contributed by atoms with Crippen molar-refractivity contribution >= 4 is 12.1 Å². The summed E-state index contributed by atoms with van der Waals surface area (Å²) in [4.78, 5) is 11.7. The molecule has 0 saturated carbocycles. The van der Waals surface area contributed by atoms with E-state index in [1.807, 2.05) is 6.92 Å². The van der Waals surface area contributed by atoms with Gasteiger partial charge in [-0.2, -0.15) is 5.10 Å². The minimum Gasteiger partial charge on any atom is -0.507 e. The van der Waals surface area contributed by atoms with Crippen LogP contribution in [0.25, 0.3) is 0 Å². The van der Waals surface area contributed by atoms with Crippen LogP contribution in [-0.4, -0.2) is 23.8 Å². The maximum absolute atomic E-state index is 13.4. The van der Waals surface area contributed by atoms with Crippen molar-refractivity contribution in [3.63, 3.8) is 0 Å². The van der Waals surface area contributed by atoms with Crippen LogP contribution in [0.3, 0.4) is 0 Å². The van der Waals surface area contributed by atoms with Gasteiger partial charge in [0.15, 0.2) is 0 Å². The molecule has 0 unspecified atom stereocenters. The number of amides is 1. The van der Waals surface area contributed by atoms with Crippen LogP contribution < -0.4 is 10.2 Å². The van der Waals surface area contributed by atoms with E-state index in [0.29, 0.717) is 17.9 Å². The van der Waals surface area contributed by atoms with Crippen LogP contribution >= 0.6 is 0 Å². The third-order valence-electron chi connectivity index (χ3n) is 2.80. The topological polar surface area (TPSA) is 70.9 Å². The normalized spacial score (nSPS) is 10.6. The smallest absolute Gasteiger partial charge is 0.274 e. The molecule has 1 amide bonds. The zero-order valence-corrected chi connectivity index (χ0v) is 11.9. The third kappa shape index (κ3) is 3.82. The fourth-order valence-electron chi connectivity index (χ4n) is 1.76. The van der Waals surface area contributed by atoms with E-state index in [2.05, 4.69) is 10.5 Å². The Hall–Kier alpha value is -2.89. The van der Waals surface area contributed by atoms with Crippen molar-refractivity contribution in [1.82, 2.24) is 5.43 Å². The predicted octanol–water partition coefficient (Wildman–Crippen LogP) is 2.69. The largest absolute Gasteiger partial charge is 0.507 e. The van der Waals surface area contributed by atoms with Crippen molar-refractivity contribution in [2.45, 2.75) is 6.92 Å². The van der Waals surface area contributed by atoms with Gasteiger partial charge in [0.25, 0.3) is 5.91 Å². The molecular formula is C16H15FN2O3. The molecule has 2 aromatic rings. The highest BCUT2D eigenvalue weighted by molar-refractivity contribution is 5.95. The summed E-state index contributed by atoms with van der Waals surface area (Å²) in [5, 5.41) is 13.5. The second kappa shape index (κ2) is 7.21. The monoisotopic (exact) mass is 302 g/mol. The van der Waals surface area contributed by atoms with Gasteiger partial charge in [0.1, 0.15) is 17.3 Å². The second-order valence-corrected chi connectivity index (χ2v) is 4.33. The first-order valence-corrected chi connectivity index (χ1v) is 6.65. The van der Waals surface area contributed by atoms with Crippen LogP contribution in [0.2, 0.25) is 0 Å². The van der Waals surface area contributed by atoms with Gasteiger partial charge in [-0.05, 0) is 31.2 Å². The first-order valence-electron chi connectivity index (χ1n) is 6.65. The Bertz CT molecular complexity index is 702. The highest BCUT2D eigenvalue weighted by atomic mass is 19.1. The number of carbonyl (C=O) groups is 1. The molecule has 0 atom stereocenters. The Morgan fingerprint density at radius 2 is 2.14 bits per heavy atom. The number of carbonyl (C=O) groups excluding carboxylic acids is 1. The minimum atomic E-state index is -0.667. The zero-order chi connectivity index (χ0) is 15.9. The van der Waals surface area contributed by atoms with E-state index in [0.717, 1.165) is 0 Å². The van der Waals surface area contributed by atoms with Gasteiger partial charge in [0.2, 0.25) is 0 Å². The van der Waals surface area contributed by atoms with Crippen LogP contribution in [0.1, 0.15) is 22.8 Å². The number of halogens is 1. The van der Waals surface area contributed by atoms with Gasteiger partial charge in [0, 0.05) is 11.6 Å². The third-order valence-corrected chi connectivity index (χ3v) is 2.80. The van der Waals surface area contributed by atoms with E-state index in [1.165, 1.54) is 30.5 Å². The molecule has 22 heavy (non-hydrogen) atoms. The number of nitrogens with zero attached hydrogens (tertiary/aromatic N) is 1. The molecule has 0 heterocycles. The summed E-state index contributed by atoms with van der Waals surface area (Å²) >= 11 is 0. The zero-order valence-electron chi connectivity index (χ0n) is 11.9. The first kappa shape index (κ1) is 15.5. The summed E-state index contributed by atoms with van der Waals surface area (Å²) in [5.41, 5.74) is 2.50. The van der Waals surface area contributed by atoms with Crippen LogP contribution in [0, 0.1) is 5.82 Å². The molecule has 0 aliphatic heterocycles. The number of phenolic OH excluding ortho intramolecular Hbond substituents is 1. The average molecular weight is 302 g/mol. The second-order valence-electron chi connectivity index (χ2n) is 4.33. The van der Waals surface area contributed by atoms with E-state index < -0.39 is 11.7 Å². The molecule has 0 aliphatic rings. The number of phenols is 1. The summed E-state index contributed by atoms with van der Waals surface area (Å²) in [6.07, 6.45) is 1.27. The summed E-state index contributed by atoms with van der Waals surface area (Å²) in [5.74, 6) is -0.790. The lowest BCUT2D eigenvalue weighted by Crippen LogP contribution is -2.18. The Balaban J connectivity index is 2.04. The number of aromatic hydroxyl groups is 1. The Labute approximate surface area is 127 Å². The van der Waals surface area contributed by atoms with Crippen molar-refractivity contribution < 1.29 is 19.0 Å². The molecule has 0 spiro atoms. The van der Waals surface area contributed by atoms with Crippen LogP contribution in [0.5, 0.6) is 11.5 Å². The van der Waals surface area contributed by atoms with E-state index >= 15 is 0 Å². The van der Waals surface area contributed by atoms with Crippen molar-refractivity contribution in [2.24, 2.45) is 5.10 Å². The summed E-state index contributed by atoms with van der Waals surface area (Å²) in [7, 11) is 0. The highest BCUT2D eigenvalue weighted by Crippen LogP contribution is 2.22. The van der Waals surface area contributed by atoms with Gasteiger partial charge >= 0.3 is 0 Å². The maximum atomic E-state index is 13.4. The Morgan fingerprint density at radius 1 is 1.36 bits per heavy atom. The Morgan fingerprint density at radius 3 is 2.82 bits per heavy atom. The van der Waals surface area contributed by atoms with E-state index in [-0.39, 0.29) is 11.3 Å². The fourth-order valence-corrected chi connectivity index (χ4v) is 1.76. The molecular weight excluding hydrogens is 287 g/mol. The lowest BCUT2D eigenvalue weighted by atomic mass is 10.2. The van der Waals surface area contributed by atoms with E-state index in [4.69, 9.17) is 4.74 Å². The lowest BCUT2D eigenvalue weighted by molar-refractivity contribution is 0.0951.